The third-order valence-corrected chi connectivity index (χ3v) is 7.80. The Balaban J connectivity index is 0.000000352. The van der Waals surface area contributed by atoms with Crippen molar-refractivity contribution in [3.63, 3.8) is 0 Å². The number of halogens is 6. The summed E-state index contributed by atoms with van der Waals surface area (Å²) >= 11 is 0. The molecule has 0 bridgehead atoms. The molecule has 4 aromatic rings. The molecule has 0 spiro atoms. The molecule has 4 aromatic carbocycles. The predicted octanol–water partition coefficient (Wildman–Crippen LogP) is 8.71. The van der Waals surface area contributed by atoms with Gasteiger partial charge in [0.05, 0.1) is 52.8 Å². The Kier molecular flexibility index (Phi) is 19.5. The first kappa shape index (κ1) is 47.8. The van der Waals surface area contributed by atoms with Crippen molar-refractivity contribution in [3.8, 4) is 23.0 Å². The number of carbonyl (C=O) groups excluding carboxylic acids is 4. The second kappa shape index (κ2) is 23.7. The highest BCUT2D eigenvalue weighted by Gasteiger charge is 2.30. The number of benzene rings is 4. The van der Waals surface area contributed by atoms with Gasteiger partial charge in [-0.15, -0.1) is 0 Å². The molecule has 0 aliphatic rings. The van der Waals surface area contributed by atoms with E-state index >= 15 is 0 Å². The fourth-order valence-corrected chi connectivity index (χ4v) is 5.18. The Morgan fingerprint density at radius 1 is 0.603 bits per heavy atom. The number of esters is 2. The minimum atomic E-state index is -1.32. The van der Waals surface area contributed by atoms with Crippen LogP contribution in [0, 0.1) is 34.9 Å². The van der Waals surface area contributed by atoms with Crippen LogP contribution in [0.4, 0.5) is 26.3 Å². The van der Waals surface area contributed by atoms with Gasteiger partial charge in [-0.2, -0.15) is 0 Å². The molecule has 10 nitrogen and oxygen atoms in total. The first-order valence-electron chi connectivity index (χ1n) is 17.3. The summed E-state index contributed by atoms with van der Waals surface area (Å²) in [5.74, 6) is -9.45. The second-order valence-electron chi connectivity index (χ2n) is 11.7. The number of methoxy groups -OCH3 is 4. The average molecular weight is 821 g/mol. The molecule has 4 rings (SSSR count). The maximum atomic E-state index is 14.2. The number of rotatable bonds is 16. The molecule has 0 aliphatic heterocycles. The number of Topliss-reactive ketones (excluding diaryl/α,β-unsaturated/α-hetero) is 2. The summed E-state index contributed by atoms with van der Waals surface area (Å²) in [5.41, 5.74) is -0.840. The zero-order valence-electron chi connectivity index (χ0n) is 32.5. The molecule has 0 radical (unpaired) electrons. The van der Waals surface area contributed by atoms with Gasteiger partial charge in [0.25, 0.3) is 0 Å². The normalized spacial score (nSPS) is 10.7. The van der Waals surface area contributed by atoms with Crippen molar-refractivity contribution in [1.82, 2.24) is 0 Å². The van der Waals surface area contributed by atoms with E-state index < -0.39 is 69.5 Å². The van der Waals surface area contributed by atoms with E-state index in [1.165, 1.54) is 40.6 Å². The second-order valence-corrected chi connectivity index (χ2v) is 11.7. The lowest BCUT2D eigenvalue weighted by Crippen LogP contribution is -2.19. The number of ether oxygens (including phenoxy) is 6. The van der Waals surface area contributed by atoms with Gasteiger partial charge in [0, 0.05) is 61.2 Å². The number of hydrogen-bond donors (Lipinski definition) is 0. The molecular weight excluding hydrogens is 778 g/mol. The Hall–Kier alpha value is -6.32. The fourth-order valence-electron chi connectivity index (χ4n) is 5.18. The van der Waals surface area contributed by atoms with Crippen molar-refractivity contribution in [3.05, 3.63) is 130 Å². The molecule has 58 heavy (non-hydrogen) atoms. The Morgan fingerprint density at radius 3 is 1.40 bits per heavy atom. The van der Waals surface area contributed by atoms with Gasteiger partial charge in [0.15, 0.2) is 11.6 Å². The smallest absolute Gasteiger partial charge is 0.330 e. The monoisotopic (exact) mass is 820 g/mol. The minimum Gasteiger partial charge on any atom is -0.497 e. The van der Waals surface area contributed by atoms with E-state index in [0.717, 1.165) is 6.08 Å². The first-order valence-corrected chi connectivity index (χ1v) is 17.3. The van der Waals surface area contributed by atoms with Crippen LogP contribution in [0.15, 0.2) is 73.3 Å². The highest BCUT2D eigenvalue weighted by molar-refractivity contribution is 6.02. The minimum absolute atomic E-state index is 0.0791. The molecule has 0 heterocycles. The van der Waals surface area contributed by atoms with E-state index in [2.05, 4.69) is 11.3 Å². The van der Waals surface area contributed by atoms with E-state index in [1.54, 1.807) is 38.1 Å². The summed E-state index contributed by atoms with van der Waals surface area (Å²) in [6.45, 7) is 7.17. The number of carbonyl (C=O) groups is 4. The SMILES string of the molecule is C=CC(=O)OCC.CCOC(=O)CCC(C(=O)c1c(F)cc(F)cc1F)c1cc(OC)cc(OC)c1.COc1cc(CC(=O)c2c(F)cc(F)cc2F)cc(OC)c1. The molecule has 0 saturated carbocycles. The van der Waals surface area contributed by atoms with Gasteiger partial charge in [0.2, 0.25) is 0 Å². The van der Waals surface area contributed by atoms with E-state index in [4.69, 9.17) is 23.7 Å². The average Bonchev–Trinajstić information content (AvgIpc) is 3.17. The lowest BCUT2D eigenvalue weighted by molar-refractivity contribution is -0.143. The van der Waals surface area contributed by atoms with Crippen LogP contribution in [0.2, 0.25) is 0 Å². The predicted molar refractivity (Wildman–Crippen MR) is 200 cm³/mol. The quantitative estimate of drug-likeness (QED) is 0.0470. The van der Waals surface area contributed by atoms with Crippen molar-refractivity contribution in [2.24, 2.45) is 0 Å². The van der Waals surface area contributed by atoms with Gasteiger partial charge < -0.3 is 28.4 Å². The van der Waals surface area contributed by atoms with Gasteiger partial charge >= 0.3 is 11.9 Å². The summed E-state index contributed by atoms with van der Waals surface area (Å²) < 4.78 is 112. The summed E-state index contributed by atoms with van der Waals surface area (Å²) in [7, 11) is 5.71. The van der Waals surface area contributed by atoms with Crippen LogP contribution >= 0.6 is 0 Å². The molecule has 16 heteroatoms. The molecule has 0 N–H and O–H groups in total. The molecule has 312 valence electrons. The van der Waals surface area contributed by atoms with Crippen LogP contribution < -0.4 is 18.9 Å². The topological polar surface area (TPSA) is 124 Å². The van der Waals surface area contributed by atoms with Gasteiger partial charge in [-0.25, -0.2) is 31.1 Å². The number of ketones is 2. The molecule has 0 aliphatic carbocycles. The largest absolute Gasteiger partial charge is 0.497 e. The first-order chi connectivity index (χ1) is 27.5. The van der Waals surface area contributed by atoms with Crippen molar-refractivity contribution >= 4 is 23.5 Å². The van der Waals surface area contributed by atoms with Gasteiger partial charge in [-0.1, -0.05) is 6.58 Å². The van der Waals surface area contributed by atoms with Crippen molar-refractivity contribution in [2.75, 3.05) is 41.7 Å². The zero-order chi connectivity index (χ0) is 43.5. The maximum absolute atomic E-state index is 14.2. The molecule has 0 saturated heterocycles. The highest BCUT2D eigenvalue weighted by atomic mass is 19.2. The van der Waals surface area contributed by atoms with Crippen LogP contribution in [0.1, 0.15) is 64.4 Å². The molecule has 1 atom stereocenters. The standard InChI is InChI=1S/C21H21F3O5.C16H13F3O3.C5H8O2/c1-4-29-19(25)6-5-16(12-7-14(27-2)11-15(8-12)28-3)21(26)20-17(23)9-13(22)10-18(20)24;1-21-11-3-9(4-12(8-11)22-2)5-15(20)16-13(18)6-10(17)7-14(16)19;1-3-5(6)7-4-2/h7-11,16H,4-6H2,1-3H3;3-4,6-8H,5H2,1-2H3;3H,1,4H2,2H3. The van der Waals surface area contributed by atoms with Crippen LogP contribution in [0.3, 0.4) is 0 Å². The van der Waals surface area contributed by atoms with Crippen molar-refractivity contribution < 1.29 is 73.9 Å². The molecule has 1 unspecified atom stereocenters. The molecule has 0 fully saturated rings. The van der Waals surface area contributed by atoms with Crippen LogP contribution in [0.25, 0.3) is 0 Å². The Bertz CT molecular complexity index is 1980. The summed E-state index contributed by atoms with van der Waals surface area (Å²) in [6.07, 6.45) is 0.634. The Morgan fingerprint density at radius 2 is 1.02 bits per heavy atom. The third-order valence-electron chi connectivity index (χ3n) is 7.80. The molecule has 0 amide bonds. The zero-order valence-corrected chi connectivity index (χ0v) is 32.5. The number of hydrogen-bond acceptors (Lipinski definition) is 10. The highest BCUT2D eigenvalue weighted by Crippen LogP contribution is 2.34. The van der Waals surface area contributed by atoms with Gasteiger partial charge in [-0.3, -0.25) is 14.4 Å². The molecular formula is C42H42F6O10. The molecule has 0 aromatic heterocycles. The van der Waals surface area contributed by atoms with E-state index in [9.17, 15) is 45.5 Å². The summed E-state index contributed by atoms with van der Waals surface area (Å²) in [4.78, 5) is 47.0. The fraction of sp³-hybridized carbons (Fsp3) is 0.286. The lowest BCUT2D eigenvalue weighted by atomic mass is 9.86. The third kappa shape index (κ3) is 14.3. The van der Waals surface area contributed by atoms with Crippen LogP contribution in [-0.4, -0.2) is 65.2 Å². The van der Waals surface area contributed by atoms with E-state index in [1.807, 2.05) is 0 Å². The lowest BCUT2D eigenvalue weighted by Gasteiger charge is -2.19. The van der Waals surface area contributed by atoms with E-state index in [0.29, 0.717) is 65.0 Å². The van der Waals surface area contributed by atoms with Gasteiger partial charge in [-0.05, 0) is 55.7 Å². The maximum Gasteiger partial charge on any atom is 0.330 e. The van der Waals surface area contributed by atoms with Crippen LogP contribution in [0.5, 0.6) is 23.0 Å². The van der Waals surface area contributed by atoms with Crippen molar-refractivity contribution in [1.29, 1.82) is 0 Å². The van der Waals surface area contributed by atoms with Crippen LogP contribution in [-0.2, 0) is 25.5 Å². The van der Waals surface area contributed by atoms with Gasteiger partial charge in [0.1, 0.15) is 57.9 Å². The Labute approximate surface area is 331 Å². The van der Waals surface area contributed by atoms with E-state index in [-0.39, 0.29) is 31.8 Å². The van der Waals surface area contributed by atoms with Crippen molar-refractivity contribution in [2.45, 2.75) is 39.0 Å². The summed E-state index contributed by atoms with van der Waals surface area (Å²) in [6, 6.07) is 11.1. The summed E-state index contributed by atoms with van der Waals surface area (Å²) in [5, 5.41) is 0.